The Bertz CT molecular complexity index is 1060. The van der Waals surface area contributed by atoms with E-state index in [1.165, 1.54) is 0 Å². The van der Waals surface area contributed by atoms with Crippen LogP contribution in [0.25, 0.3) is 0 Å². The van der Waals surface area contributed by atoms with E-state index in [1.807, 2.05) is 53.4 Å². The molecule has 0 unspecified atom stereocenters. The normalized spacial score (nSPS) is 19.9. The van der Waals surface area contributed by atoms with E-state index in [-0.39, 0.29) is 30.3 Å². The van der Waals surface area contributed by atoms with Gasteiger partial charge in [-0.3, -0.25) is 19.3 Å². The molecule has 7 nitrogen and oxygen atoms in total. The van der Waals surface area contributed by atoms with Gasteiger partial charge in [0.05, 0.1) is 11.4 Å². The molecular weight excluding hydrogens is 428 g/mol. The fourth-order valence-corrected chi connectivity index (χ4v) is 5.33. The number of anilines is 2. The van der Waals surface area contributed by atoms with Crippen molar-refractivity contribution >= 4 is 29.1 Å². The van der Waals surface area contributed by atoms with E-state index in [0.29, 0.717) is 17.8 Å². The van der Waals surface area contributed by atoms with Crippen LogP contribution in [-0.4, -0.2) is 54.8 Å². The molecule has 2 aromatic carbocycles. The van der Waals surface area contributed by atoms with Crippen LogP contribution < -0.4 is 15.1 Å². The molecule has 2 saturated heterocycles. The number of piperidine rings is 2. The molecule has 0 radical (unpaired) electrons. The Morgan fingerprint density at radius 3 is 2.44 bits per heavy atom. The van der Waals surface area contributed by atoms with Crippen LogP contribution in [0.1, 0.15) is 54.4 Å². The average Bonchev–Trinajstić information content (AvgIpc) is 2.90. The fraction of sp³-hybridized carbons (Fsp3) is 0.444. The molecule has 1 atom stereocenters. The molecule has 2 fully saturated rings. The summed E-state index contributed by atoms with van der Waals surface area (Å²) in [5.74, 6) is -0.256. The lowest BCUT2D eigenvalue weighted by Crippen LogP contribution is -2.57. The maximum Gasteiger partial charge on any atom is 0.253 e. The first-order valence-electron chi connectivity index (χ1n) is 12.4. The number of rotatable bonds is 5. The van der Waals surface area contributed by atoms with Crippen LogP contribution in [0.4, 0.5) is 11.4 Å². The molecule has 0 aliphatic carbocycles. The van der Waals surface area contributed by atoms with Gasteiger partial charge < -0.3 is 15.1 Å². The SMILES string of the molecule is O=C(CN1C(=O)[C@H]2CCCCN2c2ccc(C(=O)N3CCCCC3)cc21)NCc1ccccc1. The van der Waals surface area contributed by atoms with Gasteiger partial charge in [0.1, 0.15) is 12.6 Å². The van der Waals surface area contributed by atoms with Gasteiger partial charge in [0.15, 0.2) is 0 Å². The first-order valence-corrected chi connectivity index (χ1v) is 12.4. The van der Waals surface area contributed by atoms with Gasteiger partial charge in [0.25, 0.3) is 5.91 Å². The second-order valence-corrected chi connectivity index (χ2v) is 9.45. The second-order valence-electron chi connectivity index (χ2n) is 9.45. The maximum absolute atomic E-state index is 13.5. The Balaban J connectivity index is 1.40. The Hall–Kier alpha value is -3.35. The highest BCUT2D eigenvalue weighted by molar-refractivity contribution is 6.09. The Morgan fingerprint density at radius 1 is 0.882 bits per heavy atom. The molecule has 0 spiro atoms. The number of likely N-dealkylation sites (tertiary alicyclic amines) is 1. The summed E-state index contributed by atoms with van der Waals surface area (Å²) in [6.45, 7) is 2.72. The standard InChI is InChI=1S/C27H32N4O3/c32-25(28-18-20-9-3-1-4-10-20)19-31-24-17-21(26(33)29-14-6-2-7-15-29)12-13-22(24)30-16-8-5-11-23(30)27(31)34/h1,3-4,9-10,12-13,17,23H,2,5-8,11,14-16,18-19H2,(H,28,32)/t23-/m1/s1. The van der Waals surface area contributed by atoms with Crippen LogP contribution in [0.3, 0.4) is 0 Å². The number of nitrogens with zero attached hydrogens (tertiary/aromatic N) is 3. The Labute approximate surface area is 200 Å². The van der Waals surface area contributed by atoms with Gasteiger partial charge in [0.2, 0.25) is 11.8 Å². The van der Waals surface area contributed by atoms with Crippen molar-refractivity contribution in [3.8, 4) is 0 Å². The number of benzene rings is 2. The lowest BCUT2D eigenvalue weighted by atomic mass is 9.95. The zero-order valence-corrected chi connectivity index (χ0v) is 19.5. The first-order chi connectivity index (χ1) is 16.6. The largest absolute Gasteiger partial charge is 0.358 e. The van der Waals surface area contributed by atoms with Crippen molar-refractivity contribution in [2.24, 2.45) is 0 Å². The third kappa shape index (κ3) is 4.52. The molecule has 0 bridgehead atoms. The highest BCUT2D eigenvalue weighted by Gasteiger charge is 2.40. The van der Waals surface area contributed by atoms with E-state index in [2.05, 4.69) is 10.2 Å². The van der Waals surface area contributed by atoms with Gasteiger partial charge in [-0.1, -0.05) is 30.3 Å². The van der Waals surface area contributed by atoms with Gasteiger partial charge >= 0.3 is 0 Å². The molecule has 3 aliphatic heterocycles. The number of fused-ring (bicyclic) bond motifs is 3. The topological polar surface area (TPSA) is 73.0 Å². The van der Waals surface area contributed by atoms with Crippen molar-refractivity contribution in [1.82, 2.24) is 10.2 Å². The van der Waals surface area contributed by atoms with Gasteiger partial charge in [-0.2, -0.15) is 0 Å². The van der Waals surface area contributed by atoms with E-state index in [9.17, 15) is 14.4 Å². The van der Waals surface area contributed by atoms with Gasteiger partial charge in [-0.15, -0.1) is 0 Å². The number of carbonyl (C=O) groups excluding carboxylic acids is 3. The van der Waals surface area contributed by atoms with Crippen LogP contribution in [0, 0.1) is 0 Å². The first kappa shape index (κ1) is 22.4. The number of carbonyl (C=O) groups is 3. The molecule has 0 aromatic heterocycles. The van der Waals surface area contributed by atoms with Crippen LogP contribution >= 0.6 is 0 Å². The van der Waals surface area contributed by atoms with Crippen molar-refractivity contribution in [3.05, 3.63) is 59.7 Å². The molecule has 2 aromatic rings. The van der Waals surface area contributed by atoms with Crippen LogP contribution in [0.5, 0.6) is 0 Å². The monoisotopic (exact) mass is 460 g/mol. The molecule has 3 aliphatic rings. The summed E-state index contributed by atoms with van der Waals surface area (Å²) in [7, 11) is 0. The molecule has 3 amide bonds. The summed E-state index contributed by atoms with van der Waals surface area (Å²) in [5.41, 5.74) is 3.20. The predicted molar refractivity (Wildman–Crippen MR) is 132 cm³/mol. The molecule has 0 saturated carbocycles. The van der Waals surface area contributed by atoms with E-state index in [1.54, 1.807) is 4.90 Å². The summed E-state index contributed by atoms with van der Waals surface area (Å²) in [6, 6.07) is 15.1. The van der Waals surface area contributed by atoms with Crippen molar-refractivity contribution in [2.45, 2.75) is 51.1 Å². The minimum Gasteiger partial charge on any atom is -0.358 e. The van der Waals surface area contributed by atoms with Crippen molar-refractivity contribution < 1.29 is 14.4 Å². The predicted octanol–water partition coefficient (Wildman–Crippen LogP) is 3.33. The Morgan fingerprint density at radius 2 is 1.65 bits per heavy atom. The van der Waals surface area contributed by atoms with Crippen LogP contribution in [0.15, 0.2) is 48.5 Å². The molecule has 5 rings (SSSR count). The molecule has 178 valence electrons. The lowest BCUT2D eigenvalue weighted by molar-refractivity contribution is -0.125. The van der Waals surface area contributed by atoms with Crippen LogP contribution in [-0.2, 0) is 16.1 Å². The smallest absolute Gasteiger partial charge is 0.253 e. The lowest BCUT2D eigenvalue weighted by Gasteiger charge is -2.45. The molecule has 1 N–H and O–H groups in total. The zero-order chi connectivity index (χ0) is 23.5. The number of amides is 3. The molecule has 3 heterocycles. The van der Waals surface area contributed by atoms with E-state index >= 15 is 0 Å². The molecule has 34 heavy (non-hydrogen) atoms. The minimum atomic E-state index is -0.244. The Kier molecular flexibility index (Phi) is 6.52. The summed E-state index contributed by atoms with van der Waals surface area (Å²) >= 11 is 0. The molecular formula is C27H32N4O3. The van der Waals surface area contributed by atoms with Crippen molar-refractivity contribution in [2.75, 3.05) is 36.0 Å². The maximum atomic E-state index is 13.5. The van der Waals surface area contributed by atoms with E-state index in [0.717, 1.165) is 69.4 Å². The third-order valence-electron chi connectivity index (χ3n) is 7.15. The highest BCUT2D eigenvalue weighted by Crippen LogP contribution is 2.40. The fourth-order valence-electron chi connectivity index (χ4n) is 5.33. The number of nitrogens with one attached hydrogen (secondary N) is 1. The second kappa shape index (κ2) is 9.87. The summed E-state index contributed by atoms with van der Waals surface area (Å²) < 4.78 is 0. The number of hydrogen-bond donors (Lipinski definition) is 1. The van der Waals surface area contributed by atoms with Gasteiger partial charge in [-0.25, -0.2) is 0 Å². The summed E-state index contributed by atoms with van der Waals surface area (Å²) in [6.07, 6.45) is 6.04. The highest BCUT2D eigenvalue weighted by atomic mass is 16.2. The van der Waals surface area contributed by atoms with Crippen molar-refractivity contribution in [3.63, 3.8) is 0 Å². The quantitative estimate of drug-likeness (QED) is 0.743. The summed E-state index contributed by atoms with van der Waals surface area (Å²) in [4.78, 5) is 45.2. The zero-order valence-electron chi connectivity index (χ0n) is 19.5. The van der Waals surface area contributed by atoms with Crippen molar-refractivity contribution in [1.29, 1.82) is 0 Å². The molecule has 7 heteroatoms. The minimum absolute atomic E-state index is 0.00388. The van der Waals surface area contributed by atoms with E-state index < -0.39 is 0 Å². The number of hydrogen-bond acceptors (Lipinski definition) is 4. The summed E-state index contributed by atoms with van der Waals surface area (Å²) in [5, 5.41) is 2.94. The van der Waals surface area contributed by atoms with Gasteiger partial charge in [0, 0.05) is 31.7 Å². The van der Waals surface area contributed by atoms with E-state index in [4.69, 9.17) is 0 Å². The third-order valence-corrected chi connectivity index (χ3v) is 7.15. The van der Waals surface area contributed by atoms with Crippen LogP contribution in [0.2, 0.25) is 0 Å². The average molecular weight is 461 g/mol. The van der Waals surface area contributed by atoms with Gasteiger partial charge in [-0.05, 0) is 62.3 Å².